The lowest BCUT2D eigenvalue weighted by Gasteiger charge is -2.33. The monoisotopic (exact) mass is 623 g/mol. The van der Waals surface area contributed by atoms with E-state index >= 15 is 0 Å². The van der Waals surface area contributed by atoms with E-state index < -0.39 is 18.3 Å². The van der Waals surface area contributed by atoms with Gasteiger partial charge in [-0.1, -0.05) is 79.8 Å². The molecule has 2 aromatic carbocycles. The number of anilines is 1. The third-order valence-electron chi connectivity index (χ3n) is 5.65. The Balaban J connectivity index is 2.46. The van der Waals surface area contributed by atoms with E-state index in [4.69, 9.17) is 4.43 Å². The van der Waals surface area contributed by atoms with Crippen molar-refractivity contribution in [1.82, 2.24) is 0 Å². The lowest BCUT2D eigenvalue weighted by Crippen LogP contribution is -2.37. The van der Waals surface area contributed by atoms with Crippen LogP contribution in [0.3, 0.4) is 0 Å². The van der Waals surface area contributed by atoms with Crippen LogP contribution in [0, 0.1) is 0 Å². The zero-order valence-corrected chi connectivity index (χ0v) is 23.6. The molecule has 0 N–H and O–H groups in total. The number of hydrogen-bond donors (Lipinski definition) is 0. The summed E-state index contributed by atoms with van der Waals surface area (Å²) in [6.45, 7) is 6.96. The van der Waals surface area contributed by atoms with Crippen LogP contribution in [0.15, 0.2) is 53.0 Å². The van der Waals surface area contributed by atoms with Crippen molar-refractivity contribution >= 4 is 62.5 Å². The molecular weight excluding hydrogens is 593 g/mol. The molecule has 2 rings (SSSR count). The maximum absolute atomic E-state index is 12.7. The summed E-state index contributed by atoms with van der Waals surface area (Å²) in [6.07, 6.45) is 1.21. The van der Waals surface area contributed by atoms with Gasteiger partial charge in [0.1, 0.15) is 0 Å². The van der Waals surface area contributed by atoms with Gasteiger partial charge in [0.25, 0.3) is 0 Å². The van der Waals surface area contributed by atoms with Crippen LogP contribution in [0.1, 0.15) is 38.0 Å². The van der Waals surface area contributed by atoms with Gasteiger partial charge in [-0.25, -0.2) is 8.42 Å². The third-order valence-corrected chi connectivity index (χ3v) is 12.9. The van der Waals surface area contributed by atoms with Crippen molar-refractivity contribution in [3.63, 3.8) is 0 Å². The first-order valence-corrected chi connectivity index (χ1v) is 16.9. The smallest absolute Gasteiger partial charge is 0.232 e. The Morgan fingerprint density at radius 1 is 1.07 bits per heavy atom. The highest BCUT2D eigenvalue weighted by Crippen LogP contribution is 2.36. The predicted octanol–water partition coefficient (Wildman–Crippen LogP) is 6.91. The summed E-state index contributed by atoms with van der Waals surface area (Å²) in [6, 6.07) is 18.9. The lowest BCUT2D eigenvalue weighted by atomic mass is 10.1. The second kappa shape index (κ2) is 11.4. The number of nitrogens with zero attached hydrogens (tertiary/aromatic N) is 1. The molecule has 0 aliphatic heterocycles. The maximum Gasteiger partial charge on any atom is 0.232 e. The van der Waals surface area contributed by atoms with Crippen LogP contribution in [0.2, 0.25) is 18.1 Å². The molecule has 0 aliphatic carbocycles. The molecule has 166 valence electrons. The molecule has 0 bridgehead atoms. The number of halogens is 2. The average Bonchev–Trinajstić information content (AvgIpc) is 2.74. The zero-order valence-electron chi connectivity index (χ0n) is 18.1. The Morgan fingerprint density at radius 3 is 2.17 bits per heavy atom. The second-order valence-electron chi connectivity index (χ2n) is 7.47. The summed E-state index contributed by atoms with van der Waals surface area (Å²) in [5, 5.41) is 0. The van der Waals surface area contributed by atoms with E-state index in [0.717, 1.165) is 38.2 Å². The molecule has 1 atom stereocenters. The van der Waals surface area contributed by atoms with E-state index in [2.05, 4.69) is 59.3 Å². The molecule has 0 aliphatic rings. The standard InChI is InChI=1S/C22H31BrINO3SSi/c1-5-30(6-2,7-3)28-22(16-24)19-13-14-20(23)21(15-19)25(29(4,26)27)17-18-11-9-8-10-12-18/h8-15,22H,5-7,16-17H2,1-4H3/t22-/m0/s1. The fourth-order valence-electron chi connectivity index (χ4n) is 3.54. The number of benzene rings is 2. The molecule has 0 aromatic heterocycles. The minimum absolute atomic E-state index is 0.0397. The van der Waals surface area contributed by atoms with E-state index in [1.54, 1.807) is 0 Å². The molecule has 0 saturated heterocycles. The minimum atomic E-state index is -3.47. The van der Waals surface area contributed by atoms with Crippen molar-refractivity contribution in [2.45, 2.75) is 51.6 Å². The Bertz CT molecular complexity index is 915. The molecule has 4 nitrogen and oxygen atoms in total. The summed E-state index contributed by atoms with van der Waals surface area (Å²) in [5.41, 5.74) is 2.61. The Hall–Kier alpha value is -0.423. The number of hydrogen-bond acceptors (Lipinski definition) is 3. The molecule has 2 aromatic rings. The minimum Gasteiger partial charge on any atom is -0.409 e. The van der Waals surface area contributed by atoms with Gasteiger partial charge in [-0.05, 0) is 57.3 Å². The van der Waals surface area contributed by atoms with E-state index in [1.807, 2.05) is 48.5 Å². The average molecular weight is 624 g/mol. The molecule has 0 heterocycles. The summed E-state index contributed by atoms with van der Waals surface area (Å²) in [4.78, 5) is 0. The van der Waals surface area contributed by atoms with Gasteiger partial charge in [0.2, 0.25) is 10.0 Å². The third kappa shape index (κ3) is 6.54. The van der Waals surface area contributed by atoms with Crippen LogP contribution in [-0.2, 0) is 21.0 Å². The molecule has 0 spiro atoms. The van der Waals surface area contributed by atoms with Crippen molar-refractivity contribution < 1.29 is 12.8 Å². The van der Waals surface area contributed by atoms with Gasteiger partial charge in [0.05, 0.1) is 24.6 Å². The topological polar surface area (TPSA) is 46.6 Å². The van der Waals surface area contributed by atoms with Crippen molar-refractivity contribution in [1.29, 1.82) is 0 Å². The van der Waals surface area contributed by atoms with Gasteiger partial charge in [-0.3, -0.25) is 4.31 Å². The first-order chi connectivity index (χ1) is 14.2. The Kier molecular flexibility index (Phi) is 9.86. The first-order valence-electron chi connectivity index (χ1n) is 10.2. The highest BCUT2D eigenvalue weighted by atomic mass is 127. The van der Waals surface area contributed by atoms with Crippen LogP contribution >= 0.6 is 38.5 Å². The predicted molar refractivity (Wildman–Crippen MR) is 142 cm³/mol. The SMILES string of the molecule is CC[Si](CC)(CC)O[C@@H](CI)c1ccc(Br)c(N(Cc2ccccc2)S(C)(=O)=O)c1. The number of alkyl halides is 1. The summed E-state index contributed by atoms with van der Waals surface area (Å²) in [7, 11) is -5.26. The normalized spacial score (nSPS) is 13.3. The maximum atomic E-state index is 12.7. The van der Waals surface area contributed by atoms with Crippen LogP contribution < -0.4 is 4.31 Å². The molecule has 0 amide bonds. The van der Waals surface area contributed by atoms with Gasteiger partial charge >= 0.3 is 0 Å². The van der Waals surface area contributed by atoms with Crippen LogP contribution in [-0.4, -0.2) is 27.4 Å². The molecular formula is C22H31BrINO3SSi. The van der Waals surface area contributed by atoms with Crippen molar-refractivity contribution in [3.8, 4) is 0 Å². The van der Waals surface area contributed by atoms with Crippen LogP contribution in [0.4, 0.5) is 5.69 Å². The molecule has 0 fully saturated rings. The van der Waals surface area contributed by atoms with E-state index in [-0.39, 0.29) is 12.6 Å². The summed E-state index contributed by atoms with van der Waals surface area (Å²) in [5.74, 6) is 0. The number of rotatable bonds is 11. The van der Waals surface area contributed by atoms with Crippen LogP contribution in [0.5, 0.6) is 0 Å². The van der Waals surface area contributed by atoms with Crippen molar-refractivity contribution in [2.24, 2.45) is 0 Å². The second-order valence-corrected chi connectivity index (χ2v) is 15.8. The van der Waals surface area contributed by atoms with Gasteiger partial charge in [0.15, 0.2) is 8.32 Å². The largest absolute Gasteiger partial charge is 0.409 e. The van der Waals surface area contributed by atoms with Gasteiger partial charge in [0, 0.05) is 8.90 Å². The molecule has 0 saturated carbocycles. The molecule has 0 unspecified atom stereocenters. The van der Waals surface area contributed by atoms with E-state index in [9.17, 15) is 8.42 Å². The fourth-order valence-corrected chi connectivity index (χ4v) is 8.86. The van der Waals surface area contributed by atoms with Gasteiger partial charge in [-0.15, -0.1) is 0 Å². The summed E-state index contributed by atoms with van der Waals surface area (Å²) >= 11 is 5.94. The lowest BCUT2D eigenvalue weighted by molar-refractivity contribution is 0.217. The first kappa shape index (κ1) is 25.8. The van der Waals surface area contributed by atoms with Gasteiger partial charge in [-0.2, -0.15) is 0 Å². The molecule has 0 radical (unpaired) electrons. The van der Waals surface area contributed by atoms with Gasteiger partial charge < -0.3 is 4.43 Å². The van der Waals surface area contributed by atoms with E-state index in [0.29, 0.717) is 5.69 Å². The Morgan fingerprint density at radius 2 is 1.67 bits per heavy atom. The Labute approximate surface area is 204 Å². The fraction of sp³-hybridized carbons (Fsp3) is 0.455. The quantitative estimate of drug-likeness (QED) is 0.155. The number of sulfonamides is 1. The van der Waals surface area contributed by atoms with Crippen molar-refractivity contribution in [2.75, 3.05) is 15.0 Å². The molecule has 8 heteroatoms. The van der Waals surface area contributed by atoms with Crippen molar-refractivity contribution in [3.05, 3.63) is 64.1 Å². The zero-order chi connectivity index (χ0) is 22.4. The summed E-state index contributed by atoms with van der Waals surface area (Å²) < 4.78 is 35.2. The highest BCUT2D eigenvalue weighted by Gasteiger charge is 2.32. The highest BCUT2D eigenvalue weighted by molar-refractivity contribution is 14.1. The molecule has 30 heavy (non-hydrogen) atoms. The van der Waals surface area contributed by atoms with E-state index in [1.165, 1.54) is 10.6 Å². The van der Waals surface area contributed by atoms with Crippen LogP contribution in [0.25, 0.3) is 0 Å².